The van der Waals surface area contributed by atoms with Gasteiger partial charge in [-0.2, -0.15) is 0 Å². The van der Waals surface area contributed by atoms with E-state index in [1.807, 2.05) is 0 Å². The minimum Gasteiger partial charge on any atom is -0.494 e. The summed E-state index contributed by atoms with van der Waals surface area (Å²) in [5.41, 5.74) is 0. The van der Waals surface area contributed by atoms with E-state index >= 15 is 0 Å². The maximum absolute atomic E-state index is 5.79. The van der Waals surface area contributed by atoms with E-state index in [9.17, 15) is 0 Å². The SMILES string of the molecule is COc1c(Cl)c(Cl)c(Cl)c(Cl)c1Cl.[Hg]. The second-order valence-electron chi connectivity index (χ2n) is 2.10. The van der Waals surface area contributed by atoms with Crippen molar-refractivity contribution in [3.05, 3.63) is 25.1 Å². The van der Waals surface area contributed by atoms with Crippen LogP contribution in [0.1, 0.15) is 0 Å². The molecule has 1 rings (SSSR count). The van der Waals surface area contributed by atoms with Crippen molar-refractivity contribution in [2.75, 3.05) is 7.11 Å². The molecule has 14 heavy (non-hydrogen) atoms. The first-order valence-electron chi connectivity index (χ1n) is 3.06. The molecule has 0 aromatic heterocycles. The molecule has 0 atom stereocenters. The maximum atomic E-state index is 5.79. The molecule has 0 fully saturated rings. The molecule has 0 radical (unpaired) electrons. The molecule has 74 valence electrons. The van der Waals surface area contributed by atoms with Crippen molar-refractivity contribution >= 4 is 58.0 Å². The number of benzene rings is 1. The van der Waals surface area contributed by atoms with Gasteiger partial charge in [0.05, 0.1) is 22.2 Å². The van der Waals surface area contributed by atoms with Crippen molar-refractivity contribution in [1.82, 2.24) is 0 Å². The molecular weight excluding hydrogens is 478 g/mol. The fourth-order valence-electron chi connectivity index (χ4n) is 0.764. The Balaban J connectivity index is 0.00000169. The van der Waals surface area contributed by atoms with Gasteiger partial charge < -0.3 is 4.74 Å². The number of hydrogen-bond acceptors (Lipinski definition) is 1. The average molecular weight is 481 g/mol. The average Bonchev–Trinajstić information content (AvgIpc) is 2.13. The van der Waals surface area contributed by atoms with E-state index in [2.05, 4.69) is 0 Å². The van der Waals surface area contributed by atoms with Crippen LogP contribution in [0, 0.1) is 0 Å². The van der Waals surface area contributed by atoms with Crippen LogP contribution in [-0.4, -0.2) is 7.11 Å². The zero-order valence-corrected chi connectivity index (χ0v) is 16.3. The second kappa shape index (κ2) is 6.22. The largest absolute Gasteiger partial charge is 0.494 e. The summed E-state index contributed by atoms with van der Waals surface area (Å²) in [6, 6.07) is 0. The van der Waals surface area contributed by atoms with Crippen LogP contribution in [0.4, 0.5) is 0 Å². The third-order valence-electron chi connectivity index (χ3n) is 1.37. The van der Waals surface area contributed by atoms with Crippen LogP contribution in [0.3, 0.4) is 0 Å². The summed E-state index contributed by atoms with van der Waals surface area (Å²) in [4.78, 5) is 0. The van der Waals surface area contributed by atoms with Crippen molar-refractivity contribution in [2.45, 2.75) is 0 Å². The van der Waals surface area contributed by atoms with Gasteiger partial charge in [-0.3, -0.25) is 0 Å². The van der Waals surface area contributed by atoms with E-state index in [1.54, 1.807) is 0 Å². The number of methoxy groups -OCH3 is 1. The van der Waals surface area contributed by atoms with Gasteiger partial charge in [0.2, 0.25) is 0 Å². The molecule has 0 saturated heterocycles. The fraction of sp³-hybridized carbons (Fsp3) is 0.143. The van der Waals surface area contributed by atoms with Crippen molar-refractivity contribution in [1.29, 1.82) is 0 Å². The van der Waals surface area contributed by atoms with Crippen LogP contribution in [0.5, 0.6) is 5.75 Å². The Bertz CT molecular complexity index is 325. The molecule has 0 aliphatic carbocycles. The van der Waals surface area contributed by atoms with Gasteiger partial charge in [-0.15, -0.1) is 0 Å². The first kappa shape index (κ1) is 15.4. The summed E-state index contributed by atoms with van der Waals surface area (Å²) in [6.45, 7) is 0. The van der Waals surface area contributed by atoms with Crippen molar-refractivity contribution in [2.24, 2.45) is 0 Å². The molecule has 0 heterocycles. The number of halogens is 5. The van der Waals surface area contributed by atoms with E-state index < -0.39 is 0 Å². The molecule has 0 bridgehead atoms. The summed E-state index contributed by atoms with van der Waals surface area (Å²) in [7, 11) is 1.41. The Morgan fingerprint density at radius 3 is 1.29 bits per heavy atom. The Morgan fingerprint density at radius 2 is 1.00 bits per heavy atom. The van der Waals surface area contributed by atoms with Gasteiger partial charge in [0.25, 0.3) is 0 Å². The summed E-state index contributed by atoms with van der Waals surface area (Å²) in [5, 5.41) is 0.704. The Kier molecular flexibility index (Phi) is 6.84. The van der Waals surface area contributed by atoms with Gasteiger partial charge in [-0.05, 0) is 0 Å². The first-order chi connectivity index (χ1) is 6.00. The van der Waals surface area contributed by atoms with E-state index in [-0.39, 0.29) is 58.5 Å². The first-order valence-corrected chi connectivity index (χ1v) is 4.95. The molecular formula is C7H3Cl5HgO. The molecule has 0 amide bonds. The van der Waals surface area contributed by atoms with E-state index in [0.29, 0.717) is 0 Å². The van der Waals surface area contributed by atoms with Crippen LogP contribution in [-0.2, 0) is 27.7 Å². The Morgan fingerprint density at radius 1 is 0.714 bits per heavy atom. The van der Waals surface area contributed by atoms with Gasteiger partial charge in [-0.1, -0.05) is 58.0 Å². The van der Waals surface area contributed by atoms with E-state index in [1.165, 1.54) is 7.11 Å². The molecule has 0 N–H and O–H groups in total. The predicted octanol–water partition coefficient (Wildman–Crippen LogP) is 4.96. The molecule has 0 spiro atoms. The molecule has 1 nitrogen and oxygen atoms in total. The van der Waals surface area contributed by atoms with Crippen LogP contribution in [0.15, 0.2) is 0 Å². The minimum atomic E-state index is 0. The summed E-state index contributed by atoms with van der Waals surface area (Å²) in [5.74, 6) is 0.225. The van der Waals surface area contributed by atoms with Gasteiger partial charge >= 0.3 is 0 Å². The number of rotatable bonds is 1. The normalized spacial score (nSPS) is 9.57. The van der Waals surface area contributed by atoms with Gasteiger partial charge in [0, 0.05) is 27.7 Å². The molecule has 1 aromatic rings. The number of hydrogen-bond donors (Lipinski definition) is 0. The monoisotopic (exact) mass is 480 g/mol. The summed E-state index contributed by atoms with van der Waals surface area (Å²) in [6.07, 6.45) is 0. The molecule has 7 heteroatoms. The fourth-order valence-corrected chi connectivity index (χ4v) is 2.04. The predicted molar refractivity (Wildman–Crippen MR) is 58.0 cm³/mol. The quantitative estimate of drug-likeness (QED) is 0.313. The smallest absolute Gasteiger partial charge is 0.159 e. The number of ether oxygens (including phenoxy) is 1. The minimum absolute atomic E-state index is 0. The standard InChI is InChI=1S/C7H3Cl5O.Hg/c1-13-7-5(11)3(9)2(8)4(10)6(7)12;/h1H3;. The van der Waals surface area contributed by atoms with Crippen LogP contribution < -0.4 is 4.74 Å². The van der Waals surface area contributed by atoms with Crippen LogP contribution in [0.25, 0.3) is 0 Å². The van der Waals surface area contributed by atoms with Crippen LogP contribution in [0.2, 0.25) is 25.1 Å². The van der Waals surface area contributed by atoms with Gasteiger partial charge in [0.15, 0.2) is 5.75 Å². The summed E-state index contributed by atoms with van der Waals surface area (Å²) >= 11 is 28.8. The Hall–Kier alpha value is 1.41. The zero-order chi connectivity index (χ0) is 10.2. The van der Waals surface area contributed by atoms with Crippen LogP contribution >= 0.6 is 58.0 Å². The van der Waals surface area contributed by atoms with Crippen molar-refractivity contribution in [3.63, 3.8) is 0 Å². The third-order valence-corrected chi connectivity index (χ3v) is 3.62. The maximum Gasteiger partial charge on any atom is 0.159 e. The molecule has 0 saturated carbocycles. The van der Waals surface area contributed by atoms with Gasteiger partial charge in [-0.25, -0.2) is 0 Å². The third kappa shape index (κ3) is 2.75. The van der Waals surface area contributed by atoms with E-state index in [0.717, 1.165) is 0 Å². The zero-order valence-electron chi connectivity index (χ0n) is 7.01. The van der Waals surface area contributed by atoms with Gasteiger partial charge in [0.1, 0.15) is 10.0 Å². The molecule has 0 aliphatic rings. The van der Waals surface area contributed by atoms with Crippen molar-refractivity contribution in [3.8, 4) is 5.75 Å². The molecule has 0 aliphatic heterocycles. The Labute approximate surface area is 127 Å². The van der Waals surface area contributed by atoms with Crippen molar-refractivity contribution < 1.29 is 32.4 Å². The van der Waals surface area contributed by atoms with E-state index in [4.69, 9.17) is 62.7 Å². The topological polar surface area (TPSA) is 9.23 Å². The molecule has 1 aromatic carbocycles. The molecule has 0 unspecified atom stereocenters. The summed E-state index contributed by atoms with van der Waals surface area (Å²) < 4.78 is 4.90. The second-order valence-corrected chi connectivity index (χ2v) is 3.99.